The van der Waals surface area contributed by atoms with Gasteiger partial charge in [0, 0.05) is 29.8 Å². The van der Waals surface area contributed by atoms with Crippen LogP contribution in [0.2, 0.25) is 0 Å². The van der Waals surface area contributed by atoms with E-state index in [9.17, 15) is 27.9 Å². The zero-order valence-corrected chi connectivity index (χ0v) is 16.3. The second kappa shape index (κ2) is 7.40. The Hall–Kier alpha value is -2.36. The van der Waals surface area contributed by atoms with Crippen molar-refractivity contribution in [2.24, 2.45) is 0 Å². The summed E-state index contributed by atoms with van der Waals surface area (Å²) in [6.45, 7) is 0.0365. The van der Waals surface area contributed by atoms with Gasteiger partial charge in [-0.25, -0.2) is 4.79 Å². The molecule has 0 radical (unpaired) electrons. The van der Waals surface area contributed by atoms with Crippen LogP contribution in [-0.2, 0) is 24.2 Å². The third-order valence-electron chi connectivity index (χ3n) is 5.66. The molecule has 4 rings (SSSR count). The molecule has 1 saturated heterocycles. The Morgan fingerprint density at radius 1 is 1.23 bits per heavy atom. The summed E-state index contributed by atoms with van der Waals surface area (Å²) in [4.78, 5) is 25.1. The first-order chi connectivity index (χ1) is 14.2. The molecule has 2 aliphatic carbocycles. The zero-order chi connectivity index (χ0) is 21.7. The molecular weight excluding hydrogens is 427 g/mol. The summed E-state index contributed by atoms with van der Waals surface area (Å²) < 4.78 is 50.9. The van der Waals surface area contributed by atoms with Crippen molar-refractivity contribution in [1.82, 2.24) is 4.90 Å². The first kappa shape index (κ1) is 20.9. The van der Waals surface area contributed by atoms with E-state index in [4.69, 9.17) is 16.6 Å². The van der Waals surface area contributed by atoms with Crippen LogP contribution in [-0.4, -0.2) is 53.9 Å². The summed E-state index contributed by atoms with van der Waals surface area (Å²) in [5.74, 6) is -1.18. The van der Waals surface area contributed by atoms with Gasteiger partial charge in [0.2, 0.25) is 11.5 Å². The number of allylic oxidation sites excluding steroid dienone is 1. The second-order valence-electron chi connectivity index (χ2n) is 7.41. The average Bonchev–Trinajstić information content (AvgIpc) is 2.96. The van der Waals surface area contributed by atoms with Crippen LogP contribution in [0.4, 0.5) is 13.2 Å². The molecule has 1 aromatic rings. The minimum Gasteiger partial charge on any atom is -0.372 e. The van der Waals surface area contributed by atoms with E-state index in [1.807, 2.05) is 0 Å². The van der Waals surface area contributed by atoms with Gasteiger partial charge < -0.3 is 19.0 Å². The number of ether oxygens (including phenoxy) is 1. The number of amides is 1. The van der Waals surface area contributed by atoms with Crippen LogP contribution in [0.25, 0.3) is 5.57 Å². The van der Waals surface area contributed by atoms with Crippen molar-refractivity contribution >= 4 is 29.3 Å². The van der Waals surface area contributed by atoms with Crippen molar-refractivity contribution in [2.75, 3.05) is 19.7 Å². The molecule has 0 saturated carbocycles. The molecule has 0 aromatic heterocycles. The lowest BCUT2D eigenvalue weighted by molar-refractivity contribution is -0.247. The lowest BCUT2D eigenvalue weighted by Crippen LogP contribution is -2.55. The predicted molar refractivity (Wildman–Crippen MR) is 98.9 cm³/mol. The second-order valence-corrected chi connectivity index (χ2v) is 7.56. The van der Waals surface area contributed by atoms with Gasteiger partial charge in [-0.1, -0.05) is 24.3 Å². The summed E-state index contributed by atoms with van der Waals surface area (Å²) >= 11 is 4.90. The Labute approximate surface area is 174 Å². The Morgan fingerprint density at radius 2 is 1.93 bits per heavy atom. The van der Waals surface area contributed by atoms with E-state index in [2.05, 4.69) is 4.29 Å². The molecule has 1 amide bonds. The molecule has 6 nitrogen and oxygen atoms in total. The quantitative estimate of drug-likeness (QED) is 0.774. The number of benzene rings is 1. The monoisotopic (exact) mass is 443 g/mol. The molecule has 10 heteroatoms. The standard InChI is InChI=1S/C20H17ClF3NO5/c21-30-17(26)10-29-12-8-25(9-12)18(27)11-5-6-14-13-3-1-2-4-15(13)19(28,16(14)7-11)20(22,23)24/h1-4,7,12,28H,5-6,8-10H2. The van der Waals surface area contributed by atoms with E-state index >= 15 is 0 Å². The fourth-order valence-electron chi connectivity index (χ4n) is 4.13. The van der Waals surface area contributed by atoms with E-state index in [0.29, 0.717) is 11.1 Å². The van der Waals surface area contributed by atoms with Gasteiger partial charge in [-0.3, -0.25) is 4.79 Å². The first-order valence-electron chi connectivity index (χ1n) is 9.22. The Balaban J connectivity index is 1.54. The fourth-order valence-corrected chi connectivity index (χ4v) is 4.18. The number of aliphatic hydroxyl groups is 1. The molecule has 1 unspecified atom stereocenters. The highest BCUT2D eigenvalue weighted by Crippen LogP contribution is 2.56. The number of hydrogen-bond acceptors (Lipinski definition) is 5. The van der Waals surface area contributed by atoms with Gasteiger partial charge in [-0.2, -0.15) is 13.2 Å². The van der Waals surface area contributed by atoms with Gasteiger partial charge >= 0.3 is 12.1 Å². The van der Waals surface area contributed by atoms with Crippen LogP contribution < -0.4 is 0 Å². The van der Waals surface area contributed by atoms with Crippen molar-refractivity contribution in [3.05, 3.63) is 52.6 Å². The third kappa shape index (κ3) is 3.21. The van der Waals surface area contributed by atoms with Gasteiger partial charge in [-0.15, -0.1) is 0 Å². The fraction of sp³-hybridized carbons (Fsp3) is 0.400. The number of rotatable bonds is 4. The molecule has 0 bridgehead atoms. The highest BCUT2D eigenvalue weighted by Gasteiger charge is 2.61. The lowest BCUT2D eigenvalue weighted by Gasteiger charge is -2.39. The normalized spacial score (nSPS) is 23.5. The molecule has 1 aromatic carbocycles. The summed E-state index contributed by atoms with van der Waals surface area (Å²) in [6, 6.07) is 5.89. The SMILES string of the molecule is O=C(COC1CN(C(=O)C2=CC3=C(CC2)c2ccccc2C3(O)C(F)(F)F)C1)OCl. The van der Waals surface area contributed by atoms with E-state index in [0.717, 1.165) is 0 Å². The maximum absolute atomic E-state index is 13.9. The number of halogens is 4. The van der Waals surface area contributed by atoms with E-state index in [1.165, 1.54) is 23.1 Å². The number of nitrogens with zero attached hydrogens (tertiary/aromatic N) is 1. The van der Waals surface area contributed by atoms with Crippen LogP contribution in [0.5, 0.6) is 0 Å². The van der Waals surface area contributed by atoms with Crippen molar-refractivity contribution in [1.29, 1.82) is 0 Å². The summed E-state index contributed by atoms with van der Waals surface area (Å²) in [6.07, 6.45) is -3.66. The van der Waals surface area contributed by atoms with Crippen molar-refractivity contribution < 1.29 is 36.9 Å². The zero-order valence-electron chi connectivity index (χ0n) is 15.5. The Morgan fingerprint density at radius 3 is 2.60 bits per heavy atom. The number of alkyl halides is 3. The minimum absolute atomic E-state index is 0.196. The molecule has 30 heavy (non-hydrogen) atoms. The molecule has 1 heterocycles. The van der Waals surface area contributed by atoms with Crippen LogP contribution in [0.3, 0.4) is 0 Å². The van der Waals surface area contributed by atoms with E-state index in [-0.39, 0.29) is 55.4 Å². The molecular formula is C20H17ClF3NO5. The van der Waals surface area contributed by atoms with Crippen molar-refractivity contribution in [2.45, 2.75) is 30.7 Å². The molecule has 1 fully saturated rings. The van der Waals surface area contributed by atoms with Crippen LogP contribution in [0, 0.1) is 0 Å². The van der Waals surface area contributed by atoms with Gasteiger partial charge in [0.25, 0.3) is 0 Å². The number of fused-ring (bicyclic) bond motifs is 2. The smallest absolute Gasteiger partial charge is 0.372 e. The topological polar surface area (TPSA) is 76.1 Å². The largest absolute Gasteiger partial charge is 0.425 e. The number of likely N-dealkylation sites (tertiary alicyclic amines) is 1. The van der Waals surface area contributed by atoms with Gasteiger partial charge in [0.1, 0.15) is 18.5 Å². The third-order valence-corrected chi connectivity index (χ3v) is 5.84. The summed E-state index contributed by atoms with van der Waals surface area (Å²) in [5.41, 5.74) is -2.68. The minimum atomic E-state index is -4.94. The van der Waals surface area contributed by atoms with Crippen molar-refractivity contribution in [3.63, 3.8) is 0 Å². The molecule has 1 atom stereocenters. The molecule has 3 aliphatic rings. The number of hydrogen-bond donors (Lipinski definition) is 1. The van der Waals surface area contributed by atoms with Crippen LogP contribution in [0.1, 0.15) is 24.0 Å². The maximum Gasteiger partial charge on any atom is 0.425 e. The number of carbonyl (C=O) groups excluding carboxylic acids is 2. The first-order valence-corrected chi connectivity index (χ1v) is 9.53. The highest BCUT2D eigenvalue weighted by atomic mass is 35.5. The van der Waals surface area contributed by atoms with E-state index < -0.39 is 23.7 Å². The molecule has 1 N–H and O–H groups in total. The van der Waals surface area contributed by atoms with Gasteiger partial charge in [0.05, 0.1) is 6.10 Å². The van der Waals surface area contributed by atoms with Crippen molar-refractivity contribution in [3.8, 4) is 0 Å². The Bertz CT molecular complexity index is 967. The predicted octanol–water partition coefficient (Wildman–Crippen LogP) is 2.85. The maximum atomic E-state index is 13.9. The highest BCUT2D eigenvalue weighted by molar-refractivity contribution is 6.13. The van der Waals surface area contributed by atoms with Crippen LogP contribution in [0.15, 0.2) is 41.5 Å². The van der Waals surface area contributed by atoms with Gasteiger partial charge in [-0.05, 0) is 30.1 Å². The Kier molecular flexibility index (Phi) is 5.16. The molecule has 0 spiro atoms. The molecule has 160 valence electrons. The van der Waals surface area contributed by atoms with Gasteiger partial charge in [0.15, 0.2) is 0 Å². The lowest BCUT2D eigenvalue weighted by atomic mass is 9.84. The number of carbonyl (C=O) groups is 2. The van der Waals surface area contributed by atoms with E-state index in [1.54, 1.807) is 12.1 Å². The summed E-state index contributed by atoms with van der Waals surface area (Å²) in [5, 5.41) is 10.7. The van der Waals surface area contributed by atoms with Crippen LogP contribution >= 0.6 is 11.9 Å². The average molecular weight is 444 g/mol. The molecule has 1 aliphatic heterocycles. The summed E-state index contributed by atoms with van der Waals surface area (Å²) in [7, 11) is 0.